The molecule has 90 valence electrons. The van der Waals surface area contributed by atoms with Gasteiger partial charge >= 0.3 is 0 Å². The van der Waals surface area contributed by atoms with Crippen molar-refractivity contribution in [3.63, 3.8) is 0 Å². The Morgan fingerprint density at radius 2 is 1.62 bits per heavy atom. The van der Waals surface area contributed by atoms with Gasteiger partial charge in [0, 0.05) is 16.6 Å². The monoisotopic (exact) mass is 220 g/mol. The maximum Gasteiger partial charge on any atom is 0.0560 e. The van der Waals surface area contributed by atoms with Crippen molar-refractivity contribution in [1.82, 2.24) is 4.98 Å². The van der Waals surface area contributed by atoms with Gasteiger partial charge in [-0.1, -0.05) is 20.8 Å². The molecule has 0 amide bonds. The van der Waals surface area contributed by atoms with Crippen molar-refractivity contribution < 1.29 is 0 Å². The number of hydrogen-bond acceptors (Lipinski definition) is 2. The molecule has 0 saturated heterocycles. The van der Waals surface area contributed by atoms with E-state index >= 15 is 0 Å². The summed E-state index contributed by atoms with van der Waals surface area (Å²) >= 11 is 0. The Morgan fingerprint density at radius 3 is 2.00 bits per heavy atom. The van der Waals surface area contributed by atoms with Crippen LogP contribution < -0.4 is 5.32 Å². The second kappa shape index (κ2) is 4.08. The fraction of sp³-hybridized carbons (Fsp3) is 0.643. The van der Waals surface area contributed by atoms with E-state index in [1.807, 2.05) is 6.20 Å². The molecule has 1 rings (SSSR count). The van der Waals surface area contributed by atoms with Crippen LogP contribution in [-0.4, -0.2) is 10.5 Å². The molecule has 0 unspecified atom stereocenters. The maximum atomic E-state index is 4.53. The summed E-state index contributed by atoms with van der Waals surface area (Å²) in [6, 6.07) is 2.17. The lowest BCUT2D eigenvalue weighted by molar-refractivity contribution is 0.567. The summed E-state index contributed by atoms with van der Waals surface area (Å²) in [6.07, 6.45) is 1.95. The van der Waals surface area contributed by atoms with E-state index in [4.69, 9.17) is 0 Å². The molecule has 0 spiro atoms. The molecule has 16 heavy (non-hydrogen) atoms. The Labute approximate surface area is 99.5 Å². The van der Waals surface area contributed by atoms with Gasteiger partial charge in [-0.3, -0.25) is 4.98 Å². The average Bonchev–Trinajstić information content (AvgIpc) is 2.04. The molecule has 0 aliphatic carbocycles. The quantitative estimate of drug-likeness (QED) is 0.776. The van der Waals surface area contributed by atoms with Gasteiger partial charge in [0.2, 0.25) is 0 Å². The van der Waals surface area contributed by atoms with Gasteiger partial charge in [0.15, 0.2) is 0 Å². The van der Waals surface area contributed by atoms with E-state index < -0.39 is 0 Å². The van der Waals surface area contributed by atoms with Gasteiger partial charge in [-0.25, -0.2) is 0 Å². The summed E-state index contributed by atoms with van der Waals surface area (Å²) in [5.74, 6) is 0. The van der Waals surface area contributed by atoms with Crippen LogP contribution in [0, 0.1) is 6.92 Å². The zero-order valence-electron chi connectivity index (χ0n) is 11.6. The van der Waals surface area contributed by atoms with Crippen LogP contribution in [0.15, 0.2) is 12.3 Å². The minimum atomic E-state index is 0.0791. The molecule has 0 aliphatic heterocycles. The minimum Gasteiger partial charge on any atom is -0.379 e. The predicted molar refractivity (Wildman–Crippen MR) is 71.0 cm³/mol. The number of aryl methyl sites for hydroxylation is 1. The highest BCUT2D eigenvalue weighted by Gasteiger charge is 2.17. The summed E-state index contributed by atoms with van der Waals surface area (Å²) in [6.45, 7) is 15.2. The third-order valence-electron chi connectivity index (χ3n) is 2.39. The molecule has 2 heteroatoms. The molecule has 0 bridgehead atoms. The van der Waals surface area contributed by atoms with Crippen molar-refractivity contribution in [2.75, 3.05) is 5.32 Å². The Kier molecular flexibility index (Phi) is 3.32. The molecule has 0 fully saturated rings. The van der Waals surface area contributed by atoms with Crippen LogP contribution in [0.5, 0.6) is 0 Å². The number of nitrogens with zero attached hydrogens (tertiary/aromatic N) is 1. The molecule has 0 aliphatic rings. The van der Waals surface area contributed by atoms with Gasteiger partial charge in [-0.05, 0) is 39.3 Å². The van der Waals surface area contributed by atoms with E-state index in [0.29, 0.717) is 0 Å². The SMILES string of the molecule is Cc1cc(C(C)(C)C)ncc1NC(C)(C)C. The molecule has 1 aromatic heterocycles. The summed E-state index contributed by atoms with van der Waals surface area (Å²) in [4.78, 5) is 4.53. The van der Waals surface area contributed by atoms with E-state index in [1.165, 1.54) is 5.56 Å². The van der Waals surface area contributed by atoms with Gasteiger partial charge in [-0.2, -0.15) is 0 Å². The van der Waals surface area contributed by atoms with E-state index in [-0.39, 0.29) is 11.0 Å². The standard InChI is InChI=1S/C14H24N2/c1-10-8-12(13(2,3)4)15-9-11(10)16-14(5,6)7/h8-9,16H,1-7H3. The number of rotatable bonds is 1. The summed E-state index contributed by atoms with van der Waals surface area (Å²) in [5, 5.41) is 3.47. The van der Waals surface area contributed by atoms with Crippen LogP contribution in [0.2, 0.25) is 0 Å². The summed E-state index contributed by atoms with van der Waals surface area (Å²) in [5.41, 5.74) is 3.72. The molecular weight excluding hydrogens is 196 g/mol. The number of nitrogens with one attached hydrogen (secondary N) is 1. The molecule has 1 N–H and O–H groups in total. The zero-order chi connectivity index (χ0) is 12.6. The molecule has 1 aromatic rings. The molecule has 0 aromatic carbocycles. The van der Waals surface area contributed by atoms with Crippen molar-refractivity contribution in [2.45, 2.75) is 59.4 Å². The first-order chi connectivity index (χ1) is 7.09. The Balaban J connectivity index is 3.01. The van der Waals surface area contributed by atoms with Gasteiger partial charge in [0.25, 0.3) is 0 Å². The van der Waals surface area contributed by atoms with Crippen molar-refractivity contribution in [2.24, 2.45) is 0 Å². The summed E-state index contributed by atoms with van der Waals surface area (Å²) < 4.78 is 0. The van der Waals surface area contributed by atoms with Crippen LogP contribution in [0.3, 0.4) is 0 Å². The smallest absolute Gasteiger partial charge is 0.0560 e. The number of pyridine rings is 1. The molecule has 0 atom stereocenters. The van der Waals surface area contributed by atoms with Gasteiger partial charge in [0.1, 0.15) is 0 Å². The topological polar surface area (TPSA) is 24.9 Å². The van der Waals surface area contributed by atoms with Crippen LogP contribution >= 0.6 is 0 Å². The Morgan fingerprint density at radius 1 is 1.06 bits per heavy atom. The zero-order valence-corrected chi connectivity index (χ0v) is 11.6. The fourth-order valence-electron chi connectivity index (χ4n) is 1.50. The van der Waals surface area contributed by atoms with Gasteiger partial charge in [0.05, 0.1) is 11.9 Å². The Bertz CT molecular complexity index is 367. The second-order valence-corrected chi connectivity index (χ2v) is 6.51. The Hall–Kier alpha value is -1.05. The number of aromatic nitrogens is 1. The van der Waals surface area contributed by atoms with Gasteiger partial charge in [-0.15, -0.1) is 0 Å². The van der Waals surface area contributed by atoms with Crippen LogP contribution in [0.25, 0.3) is 0 Å². The largest absolute Gasteiger partial charge is 0.379 e. The number of hydrogen-bond donors (Lipinski definition) is 1. The van der Waals surface area contributed by atoms with Crippen molar-refractivity contribution in [3.05, 3.63) is 23.5 Å². The van der Waals surface area contributed by atoms with E-state index in [1.54, 1.807) is 0 Å². The first-order valence-corrected chi connectivity index (χ1v) is 5.85. The lowest BCUT2D eigenvalue weighted by Crippen LogP contribution is -2.27. The highest BCUT2D eigenvalue weighted by atomic mass is 15.0. The van der Waals surface area contributed by atoms with E-state index in [2.05, 4.69) is 64.8 Å². The minimum absolute atomic E-state index is 0.0791. The highest BCUT2D eigenvalue weighted by molar-refractivity contribution is 5.51. The van der Waals surface area contributed by atoms with Crippen LogP contribution in [0.4, 0.5) is 5.69 Å². The first-order valence-electron chi connectivity index (χ1n) is 5.85. The van der Waals surface area contributed by atoms with E-state index in [9.17, 15) is 0 Å². The lowest BCUT2D eigenvalue weighted by Gasteiger charge is -2.25. The molecule has 0 saturated carbocycles. The normalized spacial score (nSPS) is 12.7. The second-order valence-electron chi connectivity index (χ2n) is 6.51. The van der Waals surface area contributed by atoms with E-state index in [0.717, 1.165) is 11.4 Å². The lowest BCUT2D eigenvalue weighted by atomic mass is 9.90. The number of anilines is 1. The van der Waals surface area contributed by atoms with Gasteiger partial charge < -0.3 is 5.32 Å². The van der Waals surface area contributed by atoms with Crippen molar-refractivity contribution >= 4 is 5.69 Å². The average molecular weight is 220 g/mol. The third kappa shape index (κ3) is 3.51. The third-order valence-corrected chi connectivity index (χ3v) is 2.39. The predicted octanol–water partition coefficient (Wildman–Crippen LogP) is 3.90. The maximum absolute atomic E-state index is 4.53. The molecule has 2 nitrogen and oxygen atoms in total. The summed E-state index contributed by atoms with van der Waals surface area (Å²) in [7, 11) is 0. The van der Waals surface area contributed by atoms with Crippen molar-refractivity contribution in [1.29, 1.82) is 0 Å². The first kappa shape index (κ1) is 13.0. The fourth-order valence-corrected chi connectivity index (χ4v) is 1.50. The molecule has 0 radical (unpaired) electrons. The van der Waals surface area contributed by atoms with Crippen LogP contribution in [0.1, 0.15) is 52.8 Å². The molecular formula is C14H24N2. The van der Waals surface area contributed by atoms with Crippen LogP contribution in [-0.2, 0) is 5.41 Å². The van der Waals surface area contributed by atoms with Crippen molar-refractivity contribution in [3.8, 4) is 0 Å². The highest BCUT2D eigenvalue weighted by Crippen LogP contribution is 2.25. The molecule has 1 heterocycles.